The molecule has 0 saturated carbocycles. The number of hydrogen-bond acceptors (Lipinski definition) is 9. The van der Waals surface area contributed by atoms with Gasteiger partial charge in [0.15, 0.2) is 11.5 Å². The molecule has 3 aromatic rings. The number of allylic oxidation sites excluding steroid dienone is 1. The van der Waals surface area contributed by atoms with Crippen LogP contribution in [0.5, 0.6) is 11.5 Å². The number of phenols is 2. The SMILES string of the molecule is CCOC(=O)C1=C(C)NC(C)(c2ccccc2)C(C(=O)OCC)C1c1nc(-c2ccc(O)c(O)c2)cs1. The fraction of sp³-hybridized carbons (Fsp3) is 0.321. The van der Waals surface area contributed by atoms with Crippen molar-refractivity contribution in [2.24, 2.45) is 5.92 Å². The Bertz CT molecular complexity index is 1340. The lowest BCUT2D eigenvalue weighted by atomic mass is 9.67. The van der Waals surface area contributed by atoms with Crippen LogP contribution < -0.4 is 5.32 Å². The maximum Gasteiger partial charge on any atom is 0.336 e. The standard InChI is InChI=1S/C28H30N2O6S/c1-5-35-26(33)22-16(3)30-28(4,18-10-8-7-9-11-18)24(27(34)36-6-2)23(22)25-29-19(15-37-25)17-12-13-20(31)21(32)14-17/h7-15,23-24,30-32H,5-6H2,1-4H3. The maximum atomic E-state index is 13.6. The number of aromatic nitrogens is 1. The number of rotatable bonds is 7. The first-order valence-electron chi connectivity index (χ1n) is 12.1. The van der Waals surface area contributed by atoms with Gasteiger partial charge in [-0.2, -0.15) is 0 Å². The fourth-order valence-corrected chi connectivity index (χ4v) is 5.88. The zero-order chi connectivity index (χ0) is 26.7. The molecule has 2 heterocycles. The van der Waals surface area contributed by atoms with E-state index in [9.17, 15) is 19.8 Å². The molecule has 0 spiro atoms. The van der Waals surface area contributed by atoms with Crippen molar-refractivity contribution in [3.63, 3.8) is 0 Å². The zero-order valence-electron chi connectivity index (χ0n) is 21.1. The summed E-state index contributed by atoms with van der Waals surface area (Å²) in [6.45, 7) is 7.56. The second-order valence-electron chi connectivity index (χ2n) is 8.93. The Morgan fingerprint density at radius 3 is 2.41 bits per heavy atom. The topological polar surface area (TPSA) is 118 Å². The highest BCUT2D eigenvalue weighted by molar-refractivity contribution is 7.10. The van der Waals surface area contributed by atoms with Gasteiger partial charge in [0, 0.05) is 16.6 Å². The molecule has 9 heteroatoms. The monoisotopic (exact) mass is 522 g/mol. The normalized spacial score (nSPS) is 21.3. The van der Waals surface area contributed by atoms with Gasteiger partial charge < -0.3 is 25.0 Å². The van der Waals surface area contributed by atoms with E-state index in [0.29, 0.717) is 27.5 Å². The molecule has 1 aromatic heterocycles. The molecule has 0 bridgehead atoms. The van der Waals surface area contributed by atoms with Crippen molar-refractivity contribution in [2.45, 2.75) is 39.2 Å². The highest BCUT2D eigenvalue weighted by Crippen LogP contribution is 2.49. The number of aromatic hydroxyl groups is 2. The van der Waals surface area contributed by atoms with Crippen LogP contribution >= 0.6 is 11.3 Å². The molecule has 4 rings (SSSR count). The van der Waals surface area contributed by atoms with Crippen molar-refractivity contribution in [3.8, 4) is 22.8 Å². The van der Waals surface area contributed by atoms with Crippen molar-refractivity contribution in [1.82, 2.24) is 10.3 Å². The third-order valence-corrected chi connectivity index (χ3v) is 7.51. The quantitative estimate of drug-likeness (QED) is 0.298. The number of nitrogens with zero attached hydrogens (tertiary/aromatic N) is 1. The lowest BCUT2D eigenvalue weighted by Gasteiger charge is -2.46. The lowest BCUT2D eigenvalue weighted by molar-refractivity contribution is -0.152. The number of ether oxygens (including phenoxy) is 2. The first-order valence-corrected chi connectivity index (χ1v) is 12.9. The molecule has 0 saturated heterocycles. The van der Waals surface area contributed by atoms with E-state index in [0.717, 1.165) is 5.56 Å². The van der Waals surface area contributed by atoms with E-state index in [2.05, 4.69) is 5.32 Å². The molecule has 0 amide bonds. The molecular weight excluding hydrogens is 492 g/mol. The average molecular weight is 523 g/mol. The van der Waals surface area contributed by atoms with Gasteiger partial charge in [-0.25, -0.2) is 9.78 Å². The van der Waals surface area contributed by atoms with Crippen LogP contribution in [0, 0.1) is 5.92 Å². The number of carbonyl (C=O) groups is 2. The summed E-state index contributed by atoms with van der Waals surface area (Å²) >= 11 is 1.30. The minimum absolute atomic E-state index is 0.179. The van der Waals surface area contributed by atoms with Crippen molar-refractivity contribution in [1.29, 1.82) is 0 Å². The number of esters is 2. The van der Waals surface area contributed by atoms with Crippen LogP contribution in [0.1, 0.15) is 44.2 Å². The predicted molar refractivity (Wildman–Crippen MR) is 140 cm³/mol. The summed E-state index contributed by atoms with van der Waals surface area (Å²) in [5, 5.41) is 25.4. The van der Waals surface area contributed by atoms with Crippen LogP contribution in [-0.2, 0) is 24.6 Å². The Morgan fingerprint density at radius 2 is 1.76 bits per heavy atom. The Kier molecular flexibility index (Phi) is 7.54. The highest BCUT2D eigenvalue weighted by atomic mass is 32.1. The minimum atomic E-state index is -0.916. The number of thiazole rings is 1. The molecule has 37 heavy (non-hydrogen) atoms. The van der Waals surface area contributed by atoms with E-state index in [-0.39, 0.29) is 24.7 Å². The van der Waals surface area contributed by atoms with Crippen molar-refractivity contribution < 1.29 is 29.3 Å². The summed E-state index contributed by atoms with van der Waals surface area (Å²) in [5.74, 6) is -3.08. The third kappa shape index (κ3) is 4.91. The summed E-state index contributed by atoms with van der Waals surface area (Å²) in [7, 11) is 0. The van der Waals surface area contributed by atoms with Crippen LogP contribution in [0.25, 0.3) is 11.3 Å². The van der Waals surface area contributed by atoms with Crippen LogP contribution in [0.15, 0.2) is 65.2 Å². The van der Waals surface area contributed by atoms with E-state index in [4.69, 9.17) is 14.5 Å². The van der Waals surface area contributed by atoms with Gasteiger partial charge in [0.2, 0.25) is 0 Å². The van der Waals surface area contributed by atoms with Gasteiger partial charge in [0.1, 0.15) is 5.01 Å². The van der Waals surface area contributed by atoms with Crippen molar-refractivity contribution in [2.75, 3.05) is 13.2 Å². The van der Waals surface area contributed by atoms with E-state index < -0.39 is 29.3 Å². The fourth-order valence-electron chi connectivity index (χ4n) is 4.91. The second kappa shape index (κ2) is 10.6. The van der Waals surface area contributed by atoms with Crippen LogP contribution in [0.3, 0.4) is 0 Å². The van der Waals surface area contributed by atoms with E-state index in [1.165, 1.54) is 23.5 Å². The minimum Gasteiger partial charge on any atom is -0.504 e. The molecule has 0 aliphatic carbocycles. The Morgan fingerprint density at radius 1 is 1.05 bits per heavy atom. The molecule has 1 aliphatic rings. The Labute approximate surface area is 219 Å². The Balaban J connectivity index is 1.92. The number of phenolic OH excluding ortho intramolecular Hbond substituents is 2. The number of carbonyl (C=O) groups excluding carboxylic acids is 2. The molecule has 194 valence electrons. The summed E-state index contributed by atoms with van der Waals surface area (Å²) in [4.78, 5) is 31.7. The van der Waals surface area contributed by atoms with Crippen LogP contribution in [0.2, 0.25) is 0 Å². The number of benzene rings is 2. The average Bonchev–Trinajstić information content (AvgIpc) is 3.36. The summed E-state index contributed by atoms with van der Waals surface area (Å²) < 4.78 is 11.0. The molecule has 0 radical (unpaired) electrons. The van der Waals surface area contributed by atoms with Gasteiger partial charge in [-0.3, -0.25) is 4.79 Å². The van der Waals surface area contributed by atoms with Gasteiger partial charge in [-0.15, -0.1) is 11.3 Å². The van der Waals surface area contributed by atoms with Crippen LogP contribution in [0.4, 0.5) is 0 Å². The van der Waals surface area contributed by atoms with Crippen LogP contribution in [-0.4, -0.2) is 40.3 Å². The molecule has 0 fully saturated rings. The van der Waals surface area contributed by atoms with E-state index in [1.54, 1.807) is 32.2 Å². The Hall–Kier alpha value is -3.85. The van der Waals surface area contributed by atoms with Gasteiger partial charge >= 0.3 is 11.9 Å². The summed E-state index contributed by atoms with van der Waals surface area (Å²) in [5.41, 5.74) is 1.99. The van der Waals surface area contributed by atoms with Gasteiger partial charge in [0.25, 0.3) is 0 Å². The smallest absolute Gasteiger partial charge is 0.336 e. The molecule has 3 unspecified atom stereocenters. The van der Waals surface area contributed by atoms with Gasteiger partial charge in [-0.1, -0.05) is 30.3 Å². The molecular formula is C28H30N2O6S. The van der Waals surface area contributed by atoms with E-state index in [1.807, 2.05) is 37.3 Å². The summed E-state index contributed by atoms with van der Waals surface area (Å²) in [6.07, 6.45) is 0. The first-order chi connectivity index (χ1) is 17.7. The largest absolute Gasteiger partial charge is 0.504 e. The number of nitrogens with one attached hydrogen (secondary N) is 1. The zero-order valence-corrected chi connectivity index (χ0v) is 22.0. The molecule has 3 N–H and O–H groups in total. The second-order valence-corrected chi connectivity index (χ2v) is 9.82. The first kappa shape index (κ1) is 26.2. The van der Waals surface area contributed by atoms with Gasteiger partial charge in [-0.05, 0) is 51.5 Å². The van der Waals surface area contributed by atoms with Crippen molar-refractivity contribution in [3.05, 3.63) is 75.8 Å². The van der Waals surface area contributed by atoms with Crippen molar-refractivity contribution >= 4 is 23.3 Å². The van der Waals surface area contributed by atoms with E-state index >= 15 is 0 Å². The third-order valence-electron chi connectivity index (χ3n) is 6.59. The van der Waals surface area contributed by atoms with Gasteiger partial charge in [0.05, 0.1) is 41.9 Å². The molecule has 3 atom stereocenters. The number of hydrogen-bond donors (Lipinski definition) is 3. The highest BCUT2D eigenvalue weighted by Gasteiger charge is 2.54. The molecule has 1 aliphatic heterocycles. The predicted octanol–water partition coefficient (Wildman–Crippen LogP) is 4.84. The molecule has 8 nitrogen and oxygen atoms in total. The maximum absolute atomic E-state index is 13.6. The lowest BCUT2D eigenvalue weighted by Crippen LogP contribution is -2.55. The molecule has 2 aromatic carbocycles. The summed E-state index contributed by atoms with van der Waals surface area (Å²) in [6, 6.07) is 14.0.